The van der Waals surface area contributed by atoms with Crippen LogP contribution in [0.15, 0.2) is 5.51 Å². The number of nitrogens with zero attached hydrogens (tertiary/aromatic N) is 1. The zero-order chi connectivity index (χ0) is 14.2. The zero-order valence-corrected chi connectivity index (χ0v) is 12.7. The molecule has 1 heterocycles. The van der Waals surface area contributed by atoms with Crippen LogP contribution in [0.1, 0.15) is 31.3 Å². The fourth-order valence-corrected chi connectivity index (χ4v) is 2.41. The highest BCUT2D eigenvalue weighted by atomic mass is 32.3. The first-order valence-electron chi connectivity index (χ1n) is 5.32. The third-order valence-corrected chi connectivity index (χ3v) is 7.43. The van der Waals surface area contributed by atoms with Gasteiger partial charge in [0.15, 0.2) is 0 Å². The molecule has 0 unspecified atom stereocenters. The fraction of sp³-hybridized carbons (Fsp3) is 0.727. The number of hydrogen-bond donors (Lipinski definition) is 0. The first-order chi connectivity index (χ1) is 7.95. The molecule has 0 aliphatic rings. The number of hydrogen-bond acceptors (Lipinski definition) is 3. The maximum Gasteiger partial charge on any atom is 0.427 e. The van der Waals surface area contributed by atoms with Gasteiger partial charge in [0.2, 0.25) is 0 Å². The Kier molecular flexibility index (Phi) is 4.40. The van der Waals surface area contributed by atoms with E-state index in [1.165, 1.54) is 5.51 Å². The Balaban J connectivity index is 2.80. The third kappa shape index (κ3) is 3.61. The van der Waals surface area contributed by atoms with Crippen molar-refractivity contribution in [2.75, 3.05) is 12.5 Å². The van der Waals surface area contributed by atoms with Crippen LogP contribution in [0.2, 0.25) is 0 Å². The van der Waals surface area contributed by atoms with Crippen LogP contribution < -0.4 is 0 Å². The standard InChI is InChI=1S/C11H18F3NOS2/c1-10(2,3)18(4,5)16-6-8-9(11(12,13)14)17-7-15-8/h7H,6H2,1-5H3. The summed E-state index contributed by atoms with van der Waals surface area (Å²) in [5.41, 5.74) is 1.19. The SMILES string of the molecule is CC(C)(C)S(C)(C)OCc1ncsc1C(F)(F)F. The molecule has 0 aromatic carbocycles. The Labute approximate surface area is 111 Å². The Morgan fingerprint density at radius 2 is 1.83 bits per heavy atom. The van der Waals surface area contributed by atoms with E-state index in [4.69, 9.17) is 4.18 Å². The van der Waals surface area contributed by atoms with E-state index < -0.39 is 21.4 Å². The van der Waals surface area contributed by atoms with Gasteiger partial charge in [-0.1, -0.05) is 20.8 Å². The van der Waals surface area contributed by atoms with Gasteiger partial charge in [0, 0.05) is 4.75 Å². The summed E-state index contributed by atoms with van der Waals surface area (Å²) in [5.74, 6) is 0. The number of rotatable bonds is 3. The van der Waals surface area contributed by atoms with E-state index in [-0.39, 0.29) is 17.0 Å². The summed E-state index contributed by atoms with van der Waals surface area (Å²) in [4.78, 5) is 3.09. The van der Waals surface area contributed by atoms with Gasteiger partial charge in [-0.05, 0) is 12.5 Å². The van der Waals surface area contributed by atoms with Crippen molar-refractivity contribution in [1.29, 1.82) is 0 Å². The van der Waals surface area contributed by atoms with Gasteiger partial charge < -0.3 is 4.18 Å². The molecule has 1 aromatic rings. The lowest BCUT2D eigenvalue weighted by atomic mass is 10.3. The lowest BCUT2D eigenvalue weighted by Gasteiger charge is -2.43. The highest BCUT2D eigenvalue weighted by molar-refractivity contribution is 8.29. The van der Waals surface area contributed by atoms with Gasteiger partial charge in [-0.15, -0.1) is 21.6 Å². The van der Waals surface area contributed by atoms with E-state index >= 15 is 0 Å². The largest absolute Gasteiger partial charge is 0.427 e. The number of aromatic nitrogens is 1. The Bertz CT molecular complexity index is 407. The highest BCUT2D eigenvalue weighted by Crippen LogP contribution is 2.54. The predicted molar refractivity (Wildman–Crippen MR) is 71.1 cm³/mol. The lowest BCUT2D eigenvalue weighted by Crippen LogP contribution is -2.25. The van der Waals surface area contributed by atoms with Gasteiger partial charge in [-0.3, -0.25) is 0 Å². The van der Waals surface area contributed by atoms with Crippen molar-refractivity contribution in [1.82, 2.24) is 4.98 Å². The van der Waals surface area contributed by atoms with E-state index in [9.17, 15) is 13.2 Å². The molecular formula is C11H18F3NOS2. The van der Waals surface area contributed by atoms with Crippen LogP contribution in [-0.2, 0) is 17.0 Å². The third-order valence-electron chi connectivity index (χ3n) is 2.86. The van der Waals surface area contributed by atoms with Crippen LogP contribution in [0.3, 0.4) is 0 Å². The van der Waals surface area contributed by atoms with Crippen LogP contribution in [0.4, 0.5) is 13.2 Å². The van der Waals surface area contributed by atoms with Gasteiger partial charge in [0.25, 0.3) is 0 Å². The minimum atomic E-state index is -4.35. The van der Waals surface area contributed by atoms with Crippen molar-refractivity contribution in [3.8, 4) is 0 Å². The molecule has 0 fully saturated rings. The van der Waals surface area contributed by atoms with Crippen LogP contribution in [0.25, 0.3) is 0 Å². The average molecular weight is 301 g/mol. The van der Waals surface area contributed by atoms with Crippen molar-refractivity contribution in [2.24, 2.45) is 0 Å². The molecule has 2 nitrogen and oxygen atoms in total. The lowest BCUT2D eigenvalue weighted by molar-refractivity contribution is -0.135. The molecular weight excluding hydrogens is 283 g/mol. The topological polar surface area (TPSA) is 22.1 Å². The second-order valence-electron chi connectivity index (χ2n) is 5.23. The molecule has 0 atom stereocenters. The molecule has 0 bridgehead atoms. The molecule has 0 aliphatic heterocycles. The number of thiazole rings is 1. The molecule has 0 saturated carbocycles. The van der Waals surface area contributed by atoms with Crippen LogP contribution in [0, 0.1) is 0 Å². The van der Waals surface area contributed by atoms with E-state index in [0.717, 1.165) is 0 Å². The summed E-state index contributed by atoms with van der Waals surface area (Å²) in [6.07, 6.45) is -0.444. The minimum Gasteiger partial charge on any atom is -0.330 e. The summed E-state index contributed by atoms with van der Waals surface area (Å²) >= 11 is 0.608. The molecule has 0 amide bonds. The van der Waals surface area contributed by atoms with Crippen molar-refractivity contribution < 1.29 is 17.4 Å². The molecule has 0 saturated heterocycles. The predicted octanol–water partition coefficient (Wildman–Crippen LogP) is 4.46. The second-order valence-corrected chi connectivity index (χ2v) is 10.0. The van der Waals surface area contributed by atoms with Gasteiger partial charge >= 0.3 is 6.18 Å². The summed E-state index contributed by atoms with van der Waals surface area (Å²) in [7, 11) is -1.44. The van der Waals surface area contributed by atoms with E-state index in [2.05, 4.69) is 4.98 Å². The van der Waals surface area contributed by atoms with Crippen molar-refractivity contribution in [2.45, 2.75) is 38.3 Å². The summed E-state index contributed by atoms with van der Waals surface area (Å²) in [6, 6.07) is 0. The highest BCUT2D eigenvalue weighted by Gasteiger charge is 2.37. The Morgan fingerprint density at radius 3 is 2.28 bits per heavy atom. The number of halogens is 3. The van der Waals surface area contributed by atoms with Crippen LogP contribution in [0.5, 0.6) is 0 Å². The average Bonchev–Trinajstić information content (AvgIpc) is 2.59. The van der Waals surface area contributed by atoms with Crippen LogP contribution in [-0.4, -0.2) is 22.2 Å². The molecule has 0 radical (unpaired) electrons. The van der Waals surface area contributed by atoms with E-state index in [1.807, 2.05) is 33.3 Å². The van der Waals surface area contributed by atoms with Crippen molar-refractivity contribution >= 4 is 21.6 Å². The summed E-state index contributed by atoms with van der Waals surface area (Å²) in [5, 5.41) is 0. The molecule has 1 aromatic heterocycles. The molecule has 0 N–H and O–H groups in total. The first kappa shape index (κ1) is 15.8. The van der Waals surface area contributed by atoms with Crippen LogP contribution >= 0.6 is 21.6 Å². The molecule has 7 heteroatoms. The van der Waals surface area contributed by atoms with Gasteiger partial charge in [-0.2, -0.15) is 13.2 Å². The minimum absolute atomic E-state index is 0.0164. The maximum atomic E-state index is 12.7. The van der Waals surface area contributed by atoms with E-state index in [0.29, 0.717) is 11.3 Å². The van der Waals surface area contributed by atoms with Gasteiger partial charge in [0.1, 0.15) is 11.5 Å². The van der Waals surface area contributed by atoms with Crippen molar-refractivity contribution in [3.63, 3.8) is 0 Å². The normalized spacial score (nSPS) is 14.9. The van der Waals surface area contributed by atoms with E-state index in [1.54, 1.807) is 0 Å². The molecule has 0 spiro atoms. The molecule has 1 rings (SSSR count). The summed E-state index contributed by atoms with van der Waals surface area (Å²) < 4.78 is 43.6. The fourth-order valence-electron chi connectivity index (χ4n) is 0.982. The second kappa shape index (κ2) is 5.02. The quantitative estimate of drug-likeness (QED) is 0.822. The molecule has 0 aliphatic carbocycles. The smallest absolute Gasteiger partial charge is 0.330 e. The number of alkyl halides is 3. The summed E-state index contributed by atoms with van der Waals surface area (Å²) in [6.45, 7) is 5.98. The molecule has 18 heavy (non-hydrogen) atoms. The van der Waals surface area contributed by atoms with Crippen molar-refractivity contribution in [3.05, 3.63) is 16.1 Å². The first-order valence-corrected chi connectivity index (χ1v) is 8.57. The molecule has 106 valence electrons. The zero-order valence-electron chi connectivity index (χ0n) is 11.1. The Hall–Kier alpha value is -0.270. The monoisotopic (exact) mass is 301 g/mol. The van der Waals surface area contributed by atoms with Gasteiger partial charge in [-0.25, -0.2) is 4.98 Å². The maximum absolute atomic E-state index is 12.7. The van der Waals surface area contributed by atoms with Gasteiger partial charge in [0.05, 0.1) is 11.2 Å². The Morgan fingerprint density at radius 1 is 1.28 bits per heavy atom.